The molecule has 60 valence electrons. The minimum Gasteiger partial charge on any atom is -0.206 e. The van der Waals surface area contributed by atoms with Crippen LogP contribution >= 0.6 is 11.6 Å². The summed E-state index contributed by atoms with van der Waals surface area (Å²) >= 11 is 5.73. The van der Waals surface area contributed by atoms with E-state index in [0.717, 1.165) is 0 Å². The Bertz CT molecular complexity index is 269. The molecule has 0 aromatic heterocycles. The molecule has 0 atom stereocenters. The first kappa shape index (κ1) is 8.54. The first-order chi connectivity index (χ1) is 5.15. The highest BCUT2D eigenvalue weighted by molar-refractivity contribution is 6.30. The van der Waals surface area contributed by atoms with E-state index in [1.165, 1.54) is 0 Å². The lowest BCUT2D eigenvalue weighted by atomic mass is 10.1. The first-order valence-electron chi connectivity index (χ1n) is 3.59. The highest BCUT2D eigenvalue weighted by Gasteiger charge is 2.04. The predicted molar refractivity (Wildman–Crippen MR) is 45.5 cm³/mol. The smallest absolute Gasteiger partial charge is 0.129 e. The van der Waals surface area contributed by atoms with Crippen LogP contribution in [0.15, 0.2) is 12.1 Å². The van der Waals surface area contributed by atoms with E-state index in [-0.39, 0.29) is 5.82 Å². The van der Waals surface area contributed by atoms with Crippen LogP contribution in [-0.4, -0.2) is 0 Å². The van der Waals surface area contributed by atoms with E-state index in [9.17, 15) is 4.39 Å². The second-order valence-electron chi connectivity index (χ2n) is 2.55. The zero-order valence-corrected chi connectivity index (χ0v) is 7.37. The molecule has 0 aliphatic carbocycles. The molecule has 0 nitrogen and oxygen atoms in total. The average molecular weight is 173 g/mol. The SMILES string of the molecule is CCc1cc(Cl)cc(C)c1F. The standard InChI is InChI=1S/C9H10ClF/c1-3-7-5-8(10)4-6(2)9(7)11/h4-5H,3H2,1-2H3. The van der Waals surface area contributed by atoms with Gasteiger partial charge in [0, 0.05) is 5.02 Å². The van der Waals surface area contributed by atoms with Gasteiger partial charge in [-0.2, -0.15) is 0 Å². The van der Waals surface area contributed by atoms with Crippen LogP contribution in [0.5, 0.6) is 0 Å². The van der Waals surface area contributed by atoms with Gasteiger partial charge in [0.15, 0.2) is 0 Å². The maximum absolute atomic E-state index is 13.1. The lowest BCUT2D eigenvalue weighted by molar-refractivity contribution is 0.603. The van der Waals surface area contributed by atoms with Crippen LogP contribution in [0.2, 0.25) is 5.02 Å². The van der Waals surface area contributed by atoms with Gasteiger partial charge in [-0.3, -0.25) is 0 Å². The highest BCUT2D eigenvalue weighted by atomic mass is 35.5. The molecule has 0 saturated heterocycles. The fourth-order valence-electron chi connectivity index (χ4n) is 1.05. The molecular weight excluding hydrogens is 163 g/mol. The number of rotatable bonds is 1. The van der Waals surface area contributed by atoms with Crippen LogP contribution in [0.1, 0.15) is 18.1 Å². The fourth-order valence-corrected chi connectivity index (χ4v) is 1.35. The van der Waals surface area contributed by atoms with Crippen molar-refractivity contribution in [1.29, 1.82) is 0 Å². The average Bonchev–Trinajstić information content (AvgIpc) is 1.96. The number of halogens is 2. The lowest BCUT2D eigenvalue weighted by Gasteiger charge is -2.02. The maximum Gasteiger partial charge on any atom is 0.129 e. The van der Waals surface area contributed by atoms with Crippen LogP contribution in [0.25, 0.3) is 0 Å². The summed E-state index contributed by atoms with van der Waals surface area (Å²) in [5.41, 5.74) is 1.31. The molecule has 0 fully saturated rings. The summed E-state index contributed by atoms with van der Waals surface area (Å²) in [5, 5.41) is 0.612. The molecule has 0 N–H and O–H groups in total. The summed E-state index contributed by atoms with van der Waals surface area (Å²) < 4.78 is 13.1. The van der Waals surface area contributed by atoms with Crippen molar-refractivity contribution in [3.05, 3.63) is 34.1 Å². The third-order valence-electron chi connectivity index (χ3n) is 1.68. The second kappa shape index (κ2) is 3.22. The third-order valence-corrected chi connectivity index (χ3v) is 1.89. The zero-order chi connectivity index (χ0) is 8.43. The van der Waals surface area contributed by atoms with E-state index in [2.05, 4.69) is 0 Å². The van der Waals surface area contributed by atoms with E-state index in [1.807, 2.05) is 6.92 Å². The number of hydrogen-bond acceptors (Lipinski definition) is 0. The van der Waals surface area contributed by atoms with Crippen LogP contribution in [0.4, 0.5) is 4.39 Å². The third kappa shape index (κ3) is 1.72. The van der Waals surface area contributed by atoms with E-state index in [0.29, 0.717) is 22.6 Å². The van der Waals surface area contributed by atoms with Crippen molar-refractivity contribution in [2.75, 3.05) is 0 Å². The lowest BCUT2D eigenvalue weighted by Crippen LogP contribution is -1.90. The Morgan fingerprint density at radius 3 is 2.64 bits per heavy atom. The van der Waals surface area contributed by atoms with E-state index >= 15 is 0 Å². The van der Waals surface area contributed by atoms with Gasteiger partial charge < -0.3 is 0 Å². The number of aryl methyl sites for hydroxylation is 2. The zero-order valence-electron chi connectivity index (χ0n) is 6.62. The van der Waals surface area contributed by atoms with Gasteiger partial charge in [0.2, 0.25) is 0 Å². The fraction of sp³-hybridized carbons (Fsp3) is 0.333. The van der Waals surface area contributed by atoms with Gasteiger partial charge in [-0.1, -0.05) is 18.5 Å². The molecule has 11 heavy (non-hydrogen) atoms. The van der Waals surface area contributed by atoms with Crippen molar-refractivity contribution in [2.24, 2.45) is 0 Å². The maximum atomic E-state index is 13.1. The van der Waals surface area contributed by atoms with Crippen molar-refractivity contribution >= 4 is 11.6 Å². The van der Waals surface area contributed by atoms with E-state index in [4.69, 9.17) is 11.6 Å². The Labute approximate surface area is 71.0 Å². The van der Waals surface area contributed by atoms with Gasteiger partial charge in [0.1, 0.15) is 5.82 Å². The molecule has 0 aliphatic heterocycles. The summed E-state index contributed by atoms with van der Waals surface area (Å²) in [6.07, 6.45) is 0.688. The molecule has 0 saturated carbocycles. The molecule has 0 amide bonds. The number of hydrogen-bond donors (Lipinski definition) is 0. The molecule has 1 aromatic rings. The predicted octanol–water partition coefficient (Wildman–Crippen LogP) is 3.35. The monoisotopic (exact) mass is 172 g/mol. The summed E-state index contributed by atoms with van der Waals surface area (Å²) in [5.74, 6) is -0.128. The van der Waals surface area contributed by atoms with E-state index in [1.54, 1.807) is 19.1 Å². The molecule has 0 heterocycles. The molecule has 1 rings (SSSR count). The molecular formula is C9H10ClF. The molecule has 1 aromatic carbocycles. The highest BCUT2D eigenvalue weighted by Crippen LogP contribution is 2.19. The van der Waals surface area contributed by atoms with Crippen molar-refractivity contribution in [1.82, 2.24) is 0 Å². The van der Waals surface area contributed by atoms with Gasteiger partial charge in [0.05, 0.1) is 0 Å². The van der Waals surface area contributed by atoms with Crippen LogP contribution < -0.4 is 0 Å². The van der Waals surface area contributed by atoms with Crippen LogP contribution in [0, 0.1) is 12.7 Å². The van der Waals surface area contributed by atoms with Crippen LogP contribution in [-0.2, 0) is 6.42 Å². The number of benzene rings is 1. The quantitative estimate of drug-likeness (QED) is 0.610. The molecule has 0 unspecified atom stereocenters. The molecule has 0 bridgehead atoms. The largest absolute Gasteiger partial charge is 0.206 e. The van der Waals surface area contributed by atoms with Crippen molar-refractivity contribution in [2.45, 2.75) is 20.3 Å². The Morgan fingerprint density at radius 2 is 2.09 bits per heavy atom. The molecule has 0 aliphatic rings. The summed E-state index contributed by atoms with van der Waals surface area (Å²) in [4.78, 5) is 0. The van der Waals surface area contributed by atoms with Gasteiger partial charge in [-0.25, -0.2) is 4.39 Å². The van der Waals surface area contributed by atoms with Gasteiger partial charge in [0.25, 0.3) is 0 Å². The minimum absolute atomic E-state index is 0.128. The Hall–Kier alpha value is -0.560. The molecule has 0 radical (unpaired) electrons. The van der Waals surface area contributed by atoms with Crippen molar-refractivity contribution in [3.63, 3.8) is 0 Å². The van der Waals surface area contributed by atoms with Crippen LogP contribution in [0.3, 0.4) is 0 Å². The second-order valence-corrected chi connectivity index (χ2v) is 2.99. The van der Waals surface area contributed by atoms with E-state index < -0.39 is 0 Å². The molecule has 0 spiro atoms. The topological polar surface area (TPSA) is 0 Å². The van der Waals surface area contributed by atoms with Gasteiger partial charge in [-0.15, -0.1) is 0 Å². The van der Waals surface area contributed by atoms with Crippen molar-refractivity contribution in [3.8, 4) is 0 Å². The summed E-state index contributed by atoms with van der Waals surface area (Å²) in [7, 11) is 0. The van der Waals surface area contributed by atoms with Gasteiger partial charge in [-0.05, 0) is 36.6 Å². The Balaban J connectivity index is 3.24. The van der Waals surface area contributed by atoms with Gasteiger partial charge >= 0.3 is 0 Å². The summed E-state index contributed by atoms with van der Waals surface area (Å²) in [6, 6.07) is 3.31. The molecule has 2 heteroatoms. The Kier molecular flexibility index (Phi) is 2.50. The normalized spacial score (nSPS) is 10.2. The Morgan fingerprint density at radius 1 is 1.45 bits per heavy atom. The minimum atomic E-state index is -0.128. The first-order valence-corrected chi connectivity index (χ1v) is 3.97. The summed E-state index contributed by atoms with van der Waals surface area (Å²) in [6.45, 7) is 3.63. The van der Waals surface area contributed by atoms with Crippen molar-refractivity contribution < 1.29 is 4.39 Å².